The lowest BCUT2D eigenvalue weighted by atomic mass is 9.99. The maximum Gasteiger partial charge on any atom is 0.193 e. The van der Waals surface area contributed by atoms with Crippen molar-refractivity contribution in [3.63, 3.8) is 0 Å². The van der Waals surface area contributed by atoms with E-state index in [1.54, 1.807) is 12.1 Å². The highest BCUT2D eigenvalue weighted by atomic mass is 79.9. The molecule has 0 heterocycles. The predicted molar refractivity (Wildman–Crippen MR) is 80.5 cm³/mol. The van der Waals surface area contributed by atoms with Crippen molar-refractivity contribution < 1.29 is 4.79 Å². The average Bonchev–Trinajstić information content (AvgIpc) is 2.83. The topological polar surface area (TPSA) is 43.1 Å². The first kappa shape index (κ1) is 12.4. The molecule has 0 atom stereocenters. The first-order valence-electron chi connectivity index (χ1n) is 6.36. The fourth-order valence-electron chi connectivity index (χ4n) is 2.62. The van der Waals surface area contributed by atoms with E-state index in [2.05, 4.69) is 22.0 Å². The second-order valence-electron chi connectivity index (χ2n) is 4.94. The summed E-state index contributed by atoms with van der Waals surface area (Å²) in [6.07, 6.45) is 3.40. The summed E-state index contributed by atoms with van der Waals surface area (Å²) < 4.78 is 0.831. The van der Waals surface area contributed by atoms with Crippen molar-refractivity contribution >= 4 is 27.4 Å². The highest BCUT2D eigenvalue weighted by molar-refractivity contribution is 9.10. The number of hydrogen-bond donors (Lipinski definition) is 1. The zero-order chi connectivity index (χ0) is 13.4. The lowest BCUT2D eigenvalue weighted by Crippen LogP contribution is -2.03. The van der Waals surface area contributed by atoms with Gasteiger partial charge in [0.25, 0.3) is 0 Å². The van der Waals surface area contributed by atoms with Crippen LogP contribution in [0.25, 0.3) is 0 Å². The average molecular weight is 316 g/mol. The molecule has 2 nitrogen and oxygen atoms in total. The number of aryl methyl sites for hydroxylation is 2. The molecule has 3 rings (SSSR count). The van der Waals surface area contributed by atoms with Gasteiger partial charge < -0.3 is 5.73 Å². The summed E-state index contributed by atoms with van der Waals surface area (Å²) >= 11 is 3.37. The minimum absolute atomic E-state index is 0.0303. The van der Waals surface area contributed by atoms with Gasteiger partial charge in [0.2, 0.25) is 0 Å². The standard InChI is InChI=1S/C16H14BrNO/c17-14-7-13(8-15(18)9-14)16(19)12-5-4-10-2-1-3-11(10)6-12/h4-9H,1-3,18H2. The third kappa shape index (κ3) is 2.43. The zero-order valence-corrected chi connectivity index (χ0v) is 12.0. The molecule has 19 heavy (non-hydrogen) atoms. The smallest absolute Gasteiger partial charge is 0.193 e. The molecule has 0 amide bonds. The van der Waals surface area contributed by atoms with Crippen LogP contribution in [0.5, 0.6) is 0 Å². The van der Waals surface area contributed by atoms with Gasteiger partial charge in [-0.15, -0.1) is 0 Å². The summed E-state index contributed by atoms with van der Waals surface area (Å²) in [4.78, 5) is 12.5. The summed E-state index contributed by atoms with van der Waals surface area (Å²) in [5, 5.41) is 0. The molecule has 2 aromatic carbocycles. The van der Waals surface area contributed by atoms with Gasteiger partial charge in [-0.1, -0.05) is 28.1 Å². The molecule has 0 aliphatic heterocycles. The maximum absolute atomic E-state index is 12.5. The van der Waals surface area contributed by atoms with Crippen LogP contribution in [-0.2, 0) is 12.8 Å². The van der Waals surface area contributed by atoms with E-state index in [0.717, 1.165) is 22.9 Å². The van der Waals surface area contributed by atoms with Crippen molar-refractivity contribution in [3.05, 3.63) is 63.1 Å². The van der Waals surface area contributed by atoms with Crippen molar-refractivity contribution in [1.29, 1.82) is 0 Å². The van der Waals surface area contributed by atoms with E-state index in [-0.39, 0.29) is 5.78 Å². The van der Waals surface area contributed by atoms with Gasteiger partial charge in [-0.2, -0.15) is 0 Å². The molecule has 2 aromatic rings. The van der Waals surface area contributed by atoms with E-state index in [9.17, 15) is 4.79 Å². The second kappa shape index (κ2) is 4.82. The zero-order valence-electron chi connectivity index (χ0n) is 10.4. The lowest BCUT2D eigenvalue weighted by molar-refractivity contribution is 0.103. The van der Waals surface area contributed by atoms with Crippen LogP contribution in [0, 0.1) is 0 Å². The Balaban J connectivity index is 1.99. The monoisotopic (exact) mass is 315 g/mol. The summed E-state index contributed by atoms with van der Waals surface area (Å²) in [5.74, 6) is 0.0303. The van der Waals surface area contributed by atoms with E-state index >= 15 is 0 Å². The number of carbonyl (C=O) groups excluding carboxylic acids is 1. The van der Waals surface area contributed by atoms with Gasteiger partial charge in [-0.05, 0) is 54.7 Å². The van der Waals surface area contributed by atoms with E-state index in [1.165, 1.54) is 17.5 Å². The van der Waals surface area contributed by atoms with Crippen molar-refractivity contribution in [2.75, 3.05) is 5.73 Å². The van der Waals surface area contributed by atoms with Crippen LogP contribution < -0.4 is 5.73 Å². The number of carbonyl (C=O) groups is 1. The third-order valence-corrected chi connectivity index (χ3v) is 4.00. The molecule has 1 aliphatic rings. The number of rotatable bonds is 2. The molecule has 0 spiro atoms. The summed E-state index contributed by atoms with van der Waals surface area (Å²) in [6, 6.07) is 11.4. The van der Waals surface area contributed by atoms with Crippen LogP contribution in [0.1, 0.15) is 33.5 Å². The Morgan fingerprint density at radius 2 is 1.79 bits per heavy atom. The molecule has 1 aliphatic carbocycles. The molecule has 96 valence electrons. The fraction of sp³-hybridized carbons (Fsp3) is 0.188. The van der Waals surface area contributed by atoms with Crippen LogP contribution in [-0.4, -0.2) is 5.78 Å². The Morgan fingerprint density at radius 3 is 2.58 bits per heavy atom. The summed E-state index contributed by atoms with van der Waals surface area (Å²) in [6.45, 7) is 0. The quantitative estimate of drug-likeness (QED) is 0.677. The normalized spacial score (nSPS) is 13.3. The minimum Gasteiger partial charge on any atom is -0.399 e. The highest BCUT2D eigenvalue weighted by Crippen LogP contribution is 2.25. The van der Waals surface area contributed by atoms with E-state index in [0.29, 0.717) is 11.3 Å². The van der Waals surface area contributed by atoms with Gasteiger partial charge in [0.1, 0.15) is 0 Å². The third-order valence-electron chi connectivity index (χ3n) is 3.54. The Hall–Kier alpha value is -1.61. The largest absolute Gasteiger partial charge is 0.399 e. The molecule has 0 radical (unpaired) electrons. The molecule has 2 N–H and O–H groups in total. The maximum atomic E-state index is 12.5. The number of halogens is 1. The van der Waals surface area contributed by atoms with Gasteiger partial charge >= 0.3 is 0 Å². The number of nitrogen functional groups attached to an aromatic ring is 1. The van der Waals surface area contributed by atoms with Crippen LogP contribution in [0.3, 0.4) is 0 Å². The molecular weight excluding hydrogens is 302 g/mol. The number of hydrogen-bond acceptors (Lipinski definition) is 2. The number of anilines is 1. The van der Waals surface area contributed by atoms with E-state index in [1.807, 2.05) is 18.2 Å². The van der Waals surface area contributed by atoms with Crippen molar-refractivity contribution in [3.8, 4) is 0 Å². The van der Waals surface area contributed by atoms with Crippen LogP contribution in [0.15, 0.2) is 40.9 Å². The van der Waals surface area contributed by atoms with Crippen LogP contribution in [0.4, 0.5) is 5.69 Å². The first-order valence-corrected chi connectivity index (χ1v) is 7.15. The van der Waals surface area contributed by atoms with Crippen molar-refractivity contribution in [2.45, 2.75) is 19.3 Å². The lowest BCUT2D eigenvalue weighted by Gasteiger charge is -2.06. The van der Waals surface area contributed by atoms with Crippen LogP contribution in [0.2, 0.25) is 0 Å². The number of fused-ring (bicyclic) bond motifs is 1. The van der Waals surface area contributed by atoms with E-state index in [4.69, 9.17) is 5.73 Å². The second-order valence-corrected chi connectivity index (χ2v) is 5.86. The summed E-state index contributed by atoms with van der Waals surface area (Å²) in [5.41, 5.74) is 10.5. The molecule has 0 bridgehead atoms. The summed E-state index contributed by atoms with van der Waals surface area (Å²) in [7, 11) is 0. The van der Waals surface area contributed by atoms with Gasteiger partial charge in [0.15, 0.2) is 5.78 Å². The van der Waals surface area contributed by atoms with E-state index < -0.39 is 0 Å². The first-order chi connectivity index (χ1) is 9.13. The van der Waals surface area contributed by atoms with Gasteiger partial charge in [0, 0.05) is 21.3 Å². The number of benzene rings is 2. The molecule has 0 saturated heterocycles. The molecule has 0 fully saturated rings. The molecule has 0 unspecified atom stereocenters. The predicted octanol–water partition coefficient (Wildman–Crippen LogP) is 3.75. The van der Waals surface area contributed by atoms with Crippen molar-refractivity contribution in [2.24, 2.45) is 0 Å². The highest BCUT2D eigenvalue weighted by Gasteiger charge is 2.15. The Bertz CT molecular complexity index is 644. The van der Waals surface area contributed by atoms with Gasteiger partial charge in [-0.3, -0.25) is 4.79 Å². The van der Waals surface area contributed by atoms with Crippen LogP contribution >= 0.6 is 15.9 Å². The SMILES string of the molecule is Nc1cc(Br)cc(C(=O)c2ccc3c(c2)CCC3)c1. The Labute approximate surface area is 120 Å². The Kier molecular flexibility index (Phi) is 3.15. The molecule has 0 saturated carbocycles. The fourth-order valence-corrected chi connectivity index (χ4v) is 3.13. The van der Waals surface area contributed by atoms with Gasteiger partial charge in [-0.25, -0.2) is 0 Å². The number of nitrogens with two attached hydrogens (primary N) is 1. The number of ketones is 1. The molecule has 0 aromatic heterocycles. The van der Waals surface area contributed by atoms with Crippen molar-refractivity contribution in [1.82, 2.24) is 0 Å². The Morgan fingerprint density at radius 1 is 1.00 bits per heavy atom. The van der Waals surface area contributed by atoms with Gasteiger partial charge in [0.05, 0.1) is 0 Å². The molecular formula is C16H14BrNO. The minimum atomic E-state index is 0.0303. The molecule has 3 heteroatoms.